The van der Waals surface area contributed by atoms with E-state index in [0.29, 0.717) is 12.2 Å². The van der Waals surface area contributed by atoms with Crippen LogP contribution in [0, 0.1) is 0 Å². The molecule has 1 amide bonds. The SMILES string of the molecule is O=C(NCC1(c2cccnc2)CCCCC1)c1ccc[nH]1. The normalized spacial score (nSPS) is 17.3. The summed E-state index contributed by atoms with van der Waals surface area (Å²) in [6, 6.07) is 7.76. The Morgan fingerprint density at radius 1 is 1.24 bits per heavy atom. The van der Waals surface area contributed by atoms with Crippen LogP contribution in [0.4, 0.5) is 0 Å². The van der Waals surface area contributed by atoms with E-state index in [4.69, 9.17) is 0 Å². The summed E-state index contributed by atoms with van der Waals surface area (Å²) in [6.07, 6.45) is 11.5. The molecule has 1 aliphatic rings. The number of hydrogen-bond acceptors (Lipinski definition) is 2. The number of aromatic amines is 1. The zero-order valence-corrected chi connectivity index (χ0v) is 12.1. The molecule has 0 spiro atoms. The van der Waals surface area contributed by atoms with Crippen molar-refractivity contribution < 1.29 is 4.79 Å². The maximum atomic E-state index is 12.2. The Bertz CT molecular complexity index is 571. The number of aromatic nitrogens is 2. The monoisotopic (exact) mass is 283 g/mol. The van der Waals surface area contributed by atoms with Gasteiger partial charge < -0.3 is 10.3 Å². The van der Waals surface area contributed by atoms with Crippen LogP contribution >= 0.6 is 0 Å². The molecule has 21 heavy (non-hydrogen) atoms. The Morgan fingerprint density at radius 2 is 2.10 bits per heavy atom. The zero-order valence-electron chi connectivity index (χ0n) is 12.1. The lowest BCUT2D eigenvalue weighted by Crippen LogP contribution is -2.42. The van der Waals surface area contributed by atoms with E-state index in [-0.39, 0.29) is 11.3 Å². The largest absolute Gasteiger partial charge is 0.357 e. The van der Waals surface area contributed by atoms with E-state index in [1.165, 1.54) is 24.8 Å². The van der Waals surface area contributed by atoms with Gasteiger partial charge in [-0.3, -0.25) is 9.78 Å². The van der Waals surface area contributed by atoms with Gasteiger partial charge in [0, 0.05) is 30.6 Å². The number of amides is 1. The van der Waals surface area contributed by atoms with Gasteiger partial charge in [-0.15, -0.1) is 0 Å². The van der Waals surface area contributed by atoms with Crippen molar-refractivity contribution in [3.63, 3.8) is 0 Å². The molecule has 0 atom stereocenters. The molecule has 3 rings (SSSR count). The molecule has 0 saturated heterocycles. The van der Waals surface area contributed by atoms with Crippen molar-refractivity contribution in [3.8, 4) is 0 Å². The summed E-state index contributed by atoms with van der Waals surface area (Å²) in [5.74, 6) is -0.0335. The molecule has 0 radical (unpaired) electrons. The molecule has 0 aliphatic heterocycles. The Morgan fingerprint density at radius 3 is 2.76 bits per heavy atom. The molecule has 0 bridgehead atoms. The summed E-state index contributed by atoms with van der Waals surface area (Å²) < 4.78 is 0. The predicted molar refractivity (Wildman–Crippen MR) is 82.1 cm³/mol. The Balaban J connectivity index is 1.76. The van der Waals surface area contributed by atoms with Crippen LogP contribution < -0.4 is 5.32 Å². The van der Waals surface area contributed by atoms with E-state index in [1.807, 2.05) is 18.3 Å². The van der Waals surface area contributed by atoms with Crippen molar-refractivity contribution in [2.75, 3.05) is 6.54 Å². The van der Waals surface area contributed by atoms with Crippen molar-refractivity contribution in [2.45, 2.75) is 37.5 Å². The molecule has 4 heteroatoms. The predicted octanol–water partition coefficient (Wildman–Crippen LogP) is 3.04. The number of carbonyl (C=O) groups is 1. The zero-order chi connectivity index (χ0) is 14.5. The molecule has 1 fully saturated rings. The molecular formula is C17H21N3O. The number of nitrogens with one attached hydrogen (secondary N) is 2. The second-order valence-corrected chi connectivity index (χ2v) is 5.85. The quantitative estimate of drug-likeness (QED) is 0.906. The first-order valence-corrected chi connectivity index (χ1v) is 7.62. The van der Waals surface area contributed by atoms with Crippen molar-refractivity contribution in [1.29, 1.82) is 0 Å². The molecule has 4 nitrogen and oxygen atoms in total. The highest BCUT2D eigenvalue weighted by Crippen LogP contribution is 2.38. The van der Waals surface area contributed by atoms with Crippen molar-refractivity contribution in [2.24, 2.45) is 0 Å². The van der Waals surface area contributed by atoms with Crippen LogP contribution in [-0.2, 0) is 5.41 Å². The smallest absolute Gasteiger partial charge is 0.267 e. The first kappa shape index (κ1) is 13.9. The van der Waals surface area contributed by atoms with Gasteiger partial charge in [0.15, 0.2) is 0 Å². The molecule has 1 saturated carbocycles. The topological polar surface area (TPSA) is 57.8 Å². The van der Waals surface area contributed by atoms with E-state index < -0.39 is 0 Å². The minimum absolute atomic E-state index is 0.0335. The van der Waals surface area contributed by atoms with Crippen LogP contribution in [0.15, 0.2) is 42.9 Å². The van der Waals surface area contributed by atoms with Crippen LogP contribution in [-0.4, -0.2) is 22.4 Å². The van der Waals surface area contributed by atoms with Crippen LogP contribution in [0.2, 0.25) is 0 Å². The van der Waals surface area contributed by atoms with E-state index in [2.05, 4.69) is 21.4 Å². The second kappa shape index (κ2) is 6.12. The third kappa shape index (κ3) is 2.99. The lowest BCUT2D eigenvalue weighted by Gasteiger charge is -2.37. The van der Waals surface area contributed by atoms with E-state index in [9.17, 15) is 4.79 Å². The highest BCUT2D eigenvalue weighted by atomic mass is 16.1. The molecular weight excluding hydrogens is 262 g/mol. The molecule has 2 N–H and O–H groups in total. The number of carbonyl (C=O) groups excluding carboxylic acids is 1. The molecule has 1 aliphatic carbocycles. The summed E-state index contributed by atoms with van der Waals surface area (Å²) in [7, 11) is 0. The van der Waals surface area contributed by atoms with Gasteiger partial charge in [0.05, 0.1) is 0 Å². The first-order chi connectivity index (χ1) is 10.3. The number of H-pyrrole nitrogens is 1. The fourth-order valence-corrected chi connectivity index (χ4v) is 3.29. The average Bonchev–Trinajstić information content (AvgIpc) is 3.09. The van der Waals surface area contributed by atoms with Gasteiger partial charge in [0.25, 0.3) is 5.91 Å². The number of hydrogen-bond donors (Lipinski definition) is 2. The Labute approximate surface area is 125 Å². The molecule has 0 aromatic carbocycles. The number of nitrogens with zero attached hydrogens (tertiary/aromatic N) is 1. The van der Waals surface area contributed by atoms with Crippen molar-refractivity contribution in [1.82, 2.24) is 15.3 Å². The number of rotatable bonds is 4. The highest BCUT2D eigenvalue weighted by Gasteiger charge is 2.34. The van der Waals surface area contributed by atoms with Gasteiger partial charge in [-0.25, -0.2) is 0 Å². The fraction of sp³-hybridized carbons (Fsp3) is 0.412. The van der Waals surface area contributed by atoms with Gasteiger partial charge in [-0.2, -0.15) is 0 Å². The van der Waals surface area contributed by atoms with Gasteiger partial charge in [0.2, 0.25) is 0 Å². The summed E-state index contributed by atoms with van der Waals surface area (Å²) in [5, 5.41) is 3.10. The summed E-state index contributed by atoms with van der Waals surface area (Å²) in [5.41, 5.74) is 1.90. The molecule has 110 valence electrons. The van der Waals surface area contributed by atoms with Crippen LogP contribution in [0.25, 0.3) is 0 Å². The minimum Gasteiger partial charge on any atom is -0.357 e. The highest BCUT2D eigenvalue weighted by molar-refractivity contribution is 5.92. The van der Waals surface area contributed by atoms with E-state index in [1.54, 1.807) is 18.5 Å². The van der Waals surface area contributed by atoms with Crippen LogP contribution in [0.3, 0.4) is 0 Å². The standard InChI is InChI=1S/C17H21N3O/c21-16(15-7-5-11-19-15)20-13-17(8-2-1-3-9-17)14-6-4-10-18-12-14/h4-7,10-12,19H,1-3,8-9,13H2,(H,20,21). The lowest BCUT2D eigenvalue weighted by atomic mass is 9.70. The third-order valence-corrected chi connectivity index (χ3v) is 4.51. The van der Waals surface area contributed by atoms with E-state index in [0.717, 1.165) is 12.8 Å². The lowest BCUT2D eigenvalue weighted by molar-refractivity contribution is 0.0932. The average molecular weight is 283 g/mol. The molecule has 2 aromatic rings. The van der Waals surface area contributed by atoms with Gasteiger partial charge in [-0.1, -0.05) is 25.3 Å². The summed E-state index contributed by atoms with van der Waals surface area (Å²) in [4.78, 5) is 19.4. The van der Waals surface area contributed by atoms with Gasteiger partial charge in [-0.05, 0) is 36.6 Å². The molecule has 0 unspecified atom stereocenters. The molecule has 2 aromatic heterocycles. The summed E-state index contributed by atoms with van der Waals surface area (Å²) >= 11 is 0. The van der Waals surface area contributed by atoms with Crippen molar-refractivity contribution >= 4 is 5.91 Å². The maximum Gasteiger partial charge on any atom is 0.267 e. The van der Waals surface area contributed by atoms with Crippen molar-refractivity contribution in [3.05, 3.63) is 54.1 Å². The van der Waals surface area contributed by atoms with Gasteiger partial charge in [0.1, 0.15) is 5.69 Å². The minimum atomic E-state index is -0.0335. The maximum absolute atomic E-state index is 12.2. The summed E-state index contributed by atoms with van der Waals surface area (Å²) in [6.45, 7) is 0.677. The van der Waals surface area contributed by atoms with Crippen LogP contribution in [0.1, 0.15) is 48.2 Å². The third-order valence-electron chi connectivity index (χ3n) is 4.51. The number of pyridine rings is 1. The second-order valence-electron chi connectivity index (χ2n) is 5.85. The fourth-order valence-electron chi connectivity index (χ4n) is 3.29. The first-order valence-electron chi connectivity index (χ1n) is 7.62. The Kier molecular flexibility index (Phi) is 4.04. The van der Waals surface area contributed by atoms with Gasteiger partial charge >= 0.3 is 0 Å². The molecule has 2 heterocycles. The Hall–Kier alpha value is -2.10. The van der Waals surface area contributed by atoms with Crippen LogP contribution in [0.5, 0.6) is 0 Å². The van der Waals surface area contributed by atoms with E-state index >= 15 is 0 Å².